The van der Waals surface area contributed by atoms with Gasteiger partial charge >= 0.3 is 5.97 Å². The van der Waals surface area contributed by atoms with Crippen LogP contribution in [0.5, 0.6) is 0 Å². The molecule has 1 fully saturated rings. The second kappa shape index (κ2) is 5.77. The summed E-state index contributed by atoms with van der Waals surface area (Å²) in [5.41, 5.74) is 0.988. The lowest BCUT2D eigenvalue weighted by Crippen LogP contribution is -2.31. The molecule has 2 N–H and O–H groups in total. The maximum Gasteiger partial charge on any atom is 0.322 e. The summed E-state index contributed by atoms with van der Waals surface area (Å²) in [5.74, 6) is 0.0323. The number of nitrogens with one attached hydrogen (secondary N) is 1. The van der Waals surface area contributed by atoms with Crippen molar-refractivity contribution in [1.29, 1.82) is 0 Å². The molecule has 0 aromatic carbocycles. The van der Waals surface area contributed by atoms with Gasteiger partial charge in [-0.15, -0.1) is 5.10 Å². The molecule has 6 heteroatoms. The summed E-state index contributed by atoms with van der Waals surface area (Å²) in [6.07, 6.45) is 2.32. The van der Waals surface area contributed by atoms with Gasteiger partial charge in [0, 0.05) is 12.5 Å². The summed E-state index contributed by atoms with van der Waals surface area (Å²) in [4.78, 5) is 12.7. The third-order valence-corrected chi connectivity index (χ3v) is 3.15. The highest BCUT2D eigenvalue weighted by molar-refractivity contribution is 5.72. The largest absolute Gasteiger partial charge is 0.480 e. The van der Waals surface area contributed by atoms with Gasteiger partial charge in [0.25, 0.3) is 0 Å². The van der Waals surface area contributed by atoms with Gasteiger partial charge in [-0.2, -0.15) is 5.10 Å². The third-order valence-electron chi connectivity index (χ3n) is 3.15. The normalized spacial score (nSPS) is 20.6. The van der Waals surface area contributed by atoms with Crippen LogP contribution in [-0.4, -0.2) is 52.9 Å². The molecule has 0 amide bonds. The molecular formula is C12H18N4O2. The van der Waals surface area contributed by atoms with E-state index in [9.17, 15) is 4.79 Å². The minimum Gasteiger partial charge on any atom is -0.480 e. The van der Waals surface area contributed by atoms with Gasteiger partial charge < -0.3 is 15.3 Å². The Labute approximate surface area is 106 Å². The molecule has 1 saturated heterocycles. The van der Waals surface area contributed by atoms with Crippen molar-refractivity contribution in [3.8, 4) is 0 Å². The fraction of sp³-hybridized carbons (Fsp3) is 0.583. The number of carbonyl (C=O) groups is 1. The lowest BCUT2D eigenvalue weighted by atomic mass is 9.95. The fourth-order valence-corrected chi connectivity index (χ4v) is 2.23. The minimum atomic E-state index is -0.908. The molecular weight excluding hydrogens is 232 g/mol. The zero-order chi connectivity index (χ0) is 13.0. The van der Waals surface area contributed by atoms with Crippen molar-refractivity contribution in [2.24, 2.45) is 0 Å². The molecule has 0 aliphatic carbocycles. The first-order valence-corrected chi connectivity index (χ1v) is 6.13. The van der Waals surface area contributed by atoms with Crippen LogP contribution in [0, 0.1) is 0 Å². The van der Waals surface area contributed by atoms with E-state index in [1.54, 1.807) is 6.07 Å². The Hall–Kier alpha value is -1.69. The van der Waals surface area contributed by atoms with Crippen LogP contribution in [0.3, 0.4) is 0 Å². The standard InChI is InChI=1S/C12H18N4O2/c1-16-6-2-3-9(8-16)10-4-5-11(15-14-10)13-7-12(17)18/h4-5,9H,2-3,6-8H2,1H3,(H,13,15)(H,17,18). The van der Waals surface area contributed by atoms with E-state index >= 15 is 0 Å². The number of carboxylic acid groups (broad SMARTS) is 1. The van der Waals surface area contributed by atoms with Gasteiger partial charge in [-0.1, -0.05) is 0 Å². The molecule has 2 rings (SSSR count). The molecule has 6 nitrogen and oxygen atoms in total. The van der Waals surface area contributed by atoms with Crippen LogP contribution in [0.25, 0.3) is 0 Å². The Morgan fingerprint density at radius 1 is 1.56 bits per heavy atom. The minimum absolute atomic E-state index is 0.139. The van der Waals surface area contributed by atoms with Crippen LogP contribution in [0.15, 0.2) is 12.1 Å². The van der Waals surface area contributed by atoms with Crippen LogP contribution >= 0.6 is 0 Å². The number of hydrogen-bond acceptors (Lipinski definition) is 5. The van der Waals surface area contributed by atoms with Gasteiger partial charge in [0.15, 0.2) is 0 Å². The smallest absolute Gasteiger partial charge is 0.322 e. The number of nitrogens with zero attached hydrogens (tertiary/aromatic N) is 3. The van der Waals surface area contributed by atoms with Crippen LogP contribution in [-0.2, 0) is 4.79 Å². The van der Waals surface area contributed by atoms with Crippen molar-refractivity contribution in [3.63, 3.8) is 0 Å². The van der Waals surface area contributed by atoms with E-state index in [1.807, 2.05) is 6.07 Å². The average molecular weight is 250 g/mol. The van der Waals surface area contributed by atoms with Crippen molar-refractivity contribution in [2.75, 3.05) is 32.0 Å². The molecule has 1 unspecified atom stereocenters. The highest BCUT2D eigenvalue weighted by Gasteiger charge is 2.20. The number of piperidine rings is 1. The maximum absolute atomic E-state index is 10.4. The number of carboxylic acids is 1. The highest BCUT2D eigenvalue weighted by Crippen LogP contribution is 2.24. The molecule has 98 valence electrons. The van der Waals surface area contributed by atoms with Gasteiger partial charge in [0.1, 0.15) is 12.4 Å². The molecule has 1 atom stereocenters. The number of likely N-dealkylation sites (N-methyl/N-ethyl adjacent to an activating group) is 1. The maximum atomic E-state index is 10.4. The van der Waals surface area contributed by atoms with E-state index in [1.165, 1.54) is 6.42 Å². The molecule has 1 aliphatic rings. The number of likely N-dealkylation sites (tertiary alicyclic amines) is 1. The summed E-state index contributed by atoms with van der Waals surface area (Å²) in [5, 5.41) is 19.4. The van der Waals surface area contributed by atoms with Gasteiger partial charge in [-0.05, 0) is 38.6 Å². The van der Waals surface area contributed by atoms with E-state index in [-0.39, 0.29) is 6.54 Å². The summed E-state index contributed by atoms with van der Waals surface area (Å²) >= 11 is 0. The Balaban J connectivity index is 1.96. The highest BCUT2D eigenvalue weighted by atomic mass is 16.4. The van der Waals surface area contributed by atoms with E-state index in [0.717, 1.165) is 25.2 Å². The summed E-state index contributed by atoms with van der Waals surface area (Å²) in [6.45, 7) is 2.01. The molecule has 0 radical (unpaired) electrons. The second-order valence-electron chi connectivity index (χ2n) is 4.69. The van der Waals surface area contributed by atoms with Crippen LogP contribution in [0.4, 0.5) is 5.82 Å². The van der Waals surface area contributed by atoms with Crippen molar-refractivity contribution >= 4 is 11.8 Å². The van der Waals surface area contributed by atoms with Gasteiger partial charge in [0.2, 0.25) is 0 Å². The number of rotatable bonds is 4. The quantitative estimate of drug-likeness (QED) is 0.822. The Bertz CT molecular complexity index is 407. The molecule has 1 aromatic heterocycles. The molecule has 1 aliphatic heterocycles. The number of anilines is 1. The van der Waals surface area contributed by atoms with Gasteiger partial charge in [0.05, 0.1) is 5.69 Å². The first-order valence-electron chi connectivity index (χ1n) is 6.13. The topological polar surface area (TPSA) is 78.4 Å². The Morgan fingerprint density at radius 2 is 2.39 bits per heavy atom. The Morgan fingerprint density at radius 3 is 3.00 bits per heavy atom. The molecule has 1 aromatic rings. The number of hydrogen-bond donors (Lipinski definition) is 2. The molecule has 2 heterocycles. The Kier molecular flexibility index (Phi) is 4.09. The third kappa shape index (κ3) is 3.40. The predicted octanol–water partition coefficient (Wildman–Crippen LogP) is 0.782. The first kappa shape index (κ1) is 12.8. The zero-order valence-electron chi connectivity index (χ0n) is 10.5. The molecule has 0 saturated carbocycles. The zero-order valence-corrected chi connectivity index (χ0v) is 10.5. The molecule has 18 heavy (non-hydrogen) atoms. The lowest BCUT2D eigenvalue weighted by molar-refractivity contribution is -0.134. The molecule has 0 spiro atoms. The van der Waals surface area contributed by atoms with Crippen molar-refractivity contribution in [2.45, 2.75) is 18.8 Å². The summed E-state index contributed by atoms with van der Waals surface area (Å²) in [7, 11) is 2.11. The lowest BCUT2D eigenvalue weighted by Gasteiger charge is -2.28. The SMILES string of the molecule is CN1CCCC(c2ccc(NCC(=O)O)nn2)C1. The first-order chi connectivity index (χ1) is 8.65. The van der Waals surface area contributed by atoms with E-state index < -0.39 is 5.97 Å². The number of aliphatic carboxylic acids is 1. The van der Waals surface area contributed by atoms with Crippen LogP contribution in [0.1, 0.15) is 24.5 Å². The average Bonchev–Trinajstić information content (AvgIpc) is 2.37. The fourth-order valence-electron chi connectivity index (χ4n) is 2.23. The van der Waals surface area contributed by atoms with Crippen molar-refractivity contribution in [1.82, 2.24) is 15.1 Å². The van der Waals surface area contributed by atoms with Gasteiger partial charge in [-0.3, -0.25) is 4.79 Å². The van der Waals surface area contributed by atoms with E-state index in [4.69, 9.17) is 5.11 Å². The second-order valence-corrected chi connectivity index (χ2v) is 4.69. The summed E-state index contributed by atoms with van der Waals surface area (Å²) in [6, 6.07) is 3.72. The van der Waals surface area contributed by atoms with Crippen molar-refractivity contribution < 1.29 is 9.90 Å². The monoisotopic (exact) mass is 250 g/mol. The number of aromatic nitrogens is 2. The van der Waals surface area contributed by atoms with Crippen molar-refractivity contribution in [3.05, 3.63) is 17.8 Å². The molecule has 0 bridgehead atoms. The van der Waals surface area contributed by atoms with Crippen LogP contribution in [0.2, 0.25) is 0 Å². The summed E-state index contributed by atoms with van der Waals surface area (Å²) < 4.78 is 0. The van der Waals surface area contributed by atoms with E-state index in [2.05, 4.69) is 27.5 Å². The predicted molar refractivity (Wildman–Crippen MR) is 67.6 cm³/mol. The van der Waals surface area contributed by atoms with E-state index in [0.29, 0.717) is 11.7 Å². The van der Waals surface area contributed by atoms with Crippen LogP contribution < -0.4 is 5.32 Å². The van der Waals surface area contributed by atoms with Gasteiger partial charge in [-0.25, -0.2) is 0 Å².